The van der Waals surface area contributed by atoms with E-state index >= 15 is 0 Å². The average Bonchev–Trinajstić information content (AvgIpc) is 2.83. The van der Waals surface area contributed by atoms with E-state index in [1.54, 1.807) is 12.2 Å². The Kier molecular flexibility index (Phi) is 3.39. The predicted octanol–water partition coefficient (Wildman–Crippen LogP) is 2.33. The molecule has 0 N–H and O–H groups in total. The van der Waals surface area contributed by atoms with Crippen molar-refractivity contribution in [3.63, 3.8) is 0 Å². The van der Waals surface area contributed by atoms with Gasteiger partial charge >= 0.3 is 0 Å². The van der Waals surface area contributed by atoms with Gasteiger partial charge in [-0.2, -0.15) is 0 Å². The molecular formula is C13H18O2. The van der Waals surface area contributed by atoms with Gasteiger partial charge in [0, 0.05) is 11.8 Å². The molecule has 0 unspecified atom stereocenters. The van der Waals surface area contributed by atoms with Gasteiger partial charge in [-0.05, 0) is 6.42 Å². The fourth-order valence-corrected chi connectivity index (χ4v) is 2.53. The van der Waals surface area contributed by atoms with Crippen LogP contribution in [0.4, 0.5) is 0 Å². The van der Waals surface area contributed by atoms with Crippen LogP contribution in [0.3, 0.4) is 0 Å². The number of rotatable bonds is 6. The van der Waals surface area contributed by atoms with E-state index in [1.165, 1.54) is 6.42 Å². The van der Waals surface area contributed by atoms with Crippen LogP contribution in [0.5, 0.6) is 0 Å². The number of fused-ring (bicyclic) bond motifs is 2. The van der Waals surface area contributed by atoms with Crippen LogP contribution in [0.2, 0.25) is 0 Å². The zero-order valence-electron chi connectivity index (χ0n) is 8.97. The maximum atomic E-state index is 5.77. The first kappa shape index (κ1) is 10.7. The first-order chi connectivity index (χ1) is 7.36. The van der Waals surface area contributed by atoms with Crippen LogP contribution >= 0.6 is 0 Å². The van der Waals surface area contributed by atoms with Crippen LogP contribution < -0.4 is 0 Å². The van der Waals surface area contributed by atoms with Crippen molar-refractivity contribution in [2.45, 2.75) is 18.6 Å². The second-order valence-corrected chi connectivity index (χ2v) is 4.12. The molecule has 0 aromatic carbocycles. The third kappa shape index (κ3) is 2.06. The topological polar surface area (TPSA) is 18.5 Å². The summed E-state index contributed by atoms with van der Waals surface area (Å²) in [6.45, 7) is 8.56. The summed E-state index contributed by atoms with van der Waals surface area (Å²) in [6, 6.07) is 0. The SMILES string of the molecule is C=CCO[C@@H]1[C@H](OCC=C)[C@@H]2C=C[C@H]1C2. The Labute approximate surface area is 91.3 Å². The molecule has 15 heavy (non-hydrogen) atoms. The minimum absolute atomic E-state index is 0.206. The van der Waals surface area contributed by atoms with Gasteiger partial charge < -0.3 is 9.47 Å². The van der Waals surface area contributed by atoms with Crippen molar-refractivity contribution in [2.75, 3.05) is 13.2 Å². The average molecular weight is 206 g/mol. The summed E-state index contributed by atoms with van der Waals surface area (Å²) >= 11 is 0. The molecule has 0 aromatic heterocycles. The number of hydrogen-bond donors (Lipinski definition) is 0. The third-order valence-electron chi connectivity index (χ3n) is 3.13. The van der Waals surface area contributed by atoms with Gasteiger partial charge in [-0.15, -0.1) is 13.2 Å². The van der Waals surface area contributed by atoms with E-state index in [1.807, 2.05) is 0 Å². The molecule has 2 nitrogen and oxygen atoms in total. The van der Waals surface area contributed by atoms with Crippen LogP contribution in [0.15, 0.2) is 37.5 Å². The van der Waals surface area contributed by atoms with Gasteiger partial charge in [0.25, 0.3) is 0 Å². The molecule has 0 heterocycles. The maximum absolute atomic E-state index is 5.77. The smallest absolute Gasteiger partial charge is 0.0909 e. The lowest BCUT2D eigenvalue weighted by atomic mass is 10.0. The van der Waals surface area contributed by atoms with Gasteiger partial charge in [0.15, 0.2) is 0 Å². The Hall–Kier alpha value is -0.860. The lowest BCUT2D eigenvalue weighted by Crippen LogP contribution is -2.35. The molecule has 0 amide bonds. The molecule has 1 saturated carbocycles. The highest BCUT2D eigenvalue weighted by Gasteiger charge is 2.45. The first-order valence-electron chi connectivity index (χ1n) is 5.50. The summed E-state index contributed by atoms with van der Waals surface area (Å²) in [5.74, 6) is 1.06. The van der Waals surface area contributed by atoms with Gasteiger partial charge in [-0.3, -0.25) is 0 Å². The van der Waals surface area contributed by atoms with E-state index in [4.69, 9.17) is 9.47 Å². The second kappa shape index (κ2) is 4.77. The number of hydrogen-bond acceptors (Lipinski definition) is 2. The monoisotopic (exact) mass is 206 g/mol. The Balaban J connectivity index is 1.96. The van der Waals surface area contributed by atoms with Crippen LogP contribution in [-0.4, -0.2) is 25.4 Å². The molecule has 82 valence electrons. The Morgan fingerprint density at radius 3 is 1.87 bits per heavy atom. The summed E-state index contributed by atoms with van der Waals surface area (Å²) in [4.78, 5) is 0. The summed E-state index contributed by atoms with van der Waals surface area (Å²) in [5, 5.41) is 0. The fraction of sp³-hybridized carbons (Fsp3) is 0.538. The van der Waals surface area contributed by atoms with Gasteiger partial charge in [0.1, 0.15) is 0 Å². The minimum atomic E-state index is 0.206. The van der Waals surface area contributed by atoms with Gasteiger partial charge in [0.2, 0.25) is 0 Å². The van der Waals surface area contributed by atoms with Gasteiger partial charge in [0.05, 0.1) is 25.4 Å². The Morgan fingerprint density at radius 1 is 1.00 bits per heavy atom. The lowest BCUT2D eigenvalue weighted by molar-refractivity contribution is -0.0626. The van der Waals surface area contributed by atoms with E-state index in [0.717, 1.165) is 0 Å². The summed E-state index contributed by atoms with van der Waals surface area (Å²) in [5.41, 5.74) is 0. The molecule has 2 aliphatic rings. The van der Waals surface area contributed by atoms with Crippen molar-refractivity contribution in [1.82, 2.24) is 0 Å². The molecule has 2 aliphatic carbocycles. The van der Waals surface area contributed by atoms with E-state index < -0.39 is 0 Å². The standard InChI is InChI=1S/C13H18O2/c1-3-7-14-12-10-5-6-11(9-10)13(12)15-8-4-2/h3-6,10-13H,1-2,7-9H2/t10-,11+,12-,13+. The van der Waals surface area contributed by atoms with Crippen molar-refractivity contribution in [3.05, 3.63) is 37.5 Å². The molecule has 4 atom stereocenters. The van der Waals surface area contributed by atoms with E-state index in [-0.39, 0.29) is 12.2 Å². The molecule has 0 aliphatic heterocycles. The third-order valence-corrected chi connectivity index (χ3v) is 3.13. The quantitative estimate of drug-likeness (QED) is 0.621. The van der Waals surface area contributed by atoms with Crippen LogP contribution in [0.1, 0.15) is 6.42 Å². The molecule has 2 heteroatoms. The van der Waals surface area contributed by atoms with Crippen molar-refractivity contribution >= 4 is 0 Å². The van der Waals surface area contributed by atoms with Crippen LogP contribution in [0, 0.1) is 11.8 Å². The number of ether oxygens (including phenoxy) is 2. The highest BCUT2D eigenvalue weighted by molar-refractivity contribution is 5.16. The summed E-state index contributed by atoms with van der Waals surface area (Å²) in [7, 11) is 0. The zero-order valence-corrected chi connectivity index (χ0v) is 8.97. The Morgan fingerprint density at radius 2 is 1.47 bits per heavy atom. The molecule has 1 fully saturated rings. The maximum Gasteiger partial charge on any atom is 0.0909 e. The first-order valence-corrected chi connectivity index (χ1v) is 5.50. The molecule has 0 radical (unpaired) electrons. The second-order valence-electron chi connectivity index (χ2n) is 4.12. The van der Waals surface area contributed by atoms with Gasteiger partial charge in [-0.1, -0.05) is 24.3 Å². The molecule has 0 saturated heterocycles. The highest BCUT2D eigenvalue weighted by Crippen LogP contribution is 2.42. The molecular weight excluding hydrogens is 188 g/mol. The zero-order chi connectivity index (χ0) is 10.7. The normalized spacial score (nSPS) is 37.1. The molecule has 0 spiro atoms. The molecule has 0 aromatic rings. The fourth-order valence-electron chi connectivity index (χ4n) is 2.53. The van der Waals surface area contributed by atoms with Crippen molar-refractivity contribution in [1.29, 1.82) is 0 Å². The summed E-state index contributed by atoms with van der Waals surface area (Å²) in [6.07, 6.45) is 9.68. The molecule has 2 rings (SSSR count). The van der Waals surface area contributed by atoms with Crippen LogP contribution in [-0.2, 0) is 9.47 Å². The van der Waals surface area contributed by atoms with Crippen molar-refractivity contribution < 1.29 is 9.47 Å². The predicted molar refractivity (Wildman–Crippen MR) is 60.6 cm³/mol. The van der Waals surface area contributed by atoms with E-state index in [2.05, 4.69) is 25.3 Å². The van der Waals surface area contributed by atoms with Crippen molar-refractivity contribution in [3.8, 4) is 0 Å². The highest BCUT2D eigenvalue weighted by atomic mass is 16.5. The van der Waals surface area contributed by atoms with Crippen molar-refractivity contribution in [2.24, 2.45) is 11.8 Å². The largest absolute Gasteiger partial charge is 0.371 e. The van der Waals surface area contributed by atoms with E-state index in [9.17, 15) is 0 Å². The minimum Gasteiger partial charge on any atom is -0.371 e. The van der Waals surface area contributed by atoms with Crippen LogP contribution in [0.25, 0.3) is 0 Å². The summed E-state index contributed by atoms with van der Waals surface area (Å²) < 4.78 is 11.5. The van der Waals surface area contributed by atoms with E-state index in [0.29, 0.717) is 25.0 Å². The van der Waals surface area contributed by atoms with Gasteiger partial charge in [-0.25, -0.2) is 0 Å². The molecule has 2 bridgehead atoms. The lowest BCUT2D eigenvalue weighted by Gasteiger charge is -2.27. The Bertz CT molecular complexity index is 244.